The van der Waals surface area contributed by atoms with Crippen molar-refractivity contribution in [2.75, 3.05) is 11.9 Å². The van der Waals surface area contributed by atoms with E-state index in [1.165, 1.54) is 12.1 Å². The Bertz CT molecular complexity index is 858. The summed E-state index contributed by atoms with van der Waals surface area (Å²) >= 11 is 0. The molecule has 1 unspecified atom stereocenters. The summed E-state index contributed by atoms with van der Waals surface area (Å²) in [6.07, 6.45) is 0. The van der Waals surface area contributed by atoms with Gasteiger partial charge in [-0.25, -0.2) is 9.37 Å². The quantitative estimate of drug-likeness (QED) is 0.807. The lowest BCUT2D eigenvalue weighted by Crippen LogP contribution is -2.26. The molecule has 3 rings (SSSR count). The van der Waals surface area contributed by atoms with Crippen molar-refractivity contribution in [1.29, 1.82) is 0 Å². The first kappa shape index (κ1) is 14.3. The molecule has 112 valence electrons. The second-order valence-corrected chi connectivity index (χ2v) is 5.25. The number of fused-ring (bicyclic) bond motifs is 1. The lowest BCUT2D eigenvalue weighted by atomic mass is 10.1. The molecule has 0 radical (unpaired) electrons. The number of aromatic nitrogens is 2. The maximum atomic E-state index is 13.0. The molecule has 0 aliphatic heterocycles. The van der Waals surface area contributed by atoms with E-state index in [1.54, 1.807) is 18.2 Å². The minimum atomic E-state index is -0.268. The van der Waals surface area contributed by atoms with Crippen molar-refractivity contribution in [2.24, 2.45) is 0 Å². The predicted molar refractivity (Wildman–Crippen MR) is 85.6 cm³/mol. The number of anilines is 1. The fourth-order valence-electron chi connectivity index (χ4n) is 2.39. The molecule has 2 aromatic carbocycles. The van der Waals surface area contributed by atoms with Gasteiger partial charge in [0.2, 0.25) is 5.95 Å². The van der Waals surface area contributed by atoms with Crippen molar-refractivity contribution in [2.45, 2.75) is 13.0 Å². The molecule has 0 aliphatic rings. The van der Waals surface area contributed by atoms with Crippen LogP contribution in [0.1, 0.15) is 18.5 Å². The Hall–Kier alpha value is -2.69. The van der Waals surface area contributed by atoms with Crippen molar-refractivity contribution in [1.82, 2.24) is 9.97 Å². The van der Waals surface area contributed by atoms with Crippen LogP contribution in [0.2, 0.25) is 0 Å². The highest BCUT2D eigenvalue weighted by atomic mass is 19.1. The summed E-state index contributed by atoms with van der Waals surface area (Å²) in [7, 11) is 1.85. The first-order valence-electron chi connectivity index (χ1n) is 7.03. The molecule has 0 saturated heterocycles. The van der Waals surface area contributed by atoms with Crippen LogP contribution in [0, 0.1) is 5.82 Å². The normalized spacial score (nSPS) is 12.3. The summed E-state index contributed by atoms with van der Waals surface area (Å²) in [5, 5.41) is 0.564. The molecular weight excluding hydrogens is 281 g/mol. The van der Waals surface area contributed by atoms with Gasteiger partial charge >= 0.3 is 0 Å². The molecule has 0 aliphatic carbocycles. The van der Waals surface area contributed by atoms with Gasteiger partial charge in [0.15, 0.2) is 0 Å². The SMILES string of the molecule is CC(c1ccc(F)cc1)N(C)c1nc2ccccc2c(=O)[nH]1. The summed E-state index contributed by atoms with van der Waals surface area (Å²) < 4.78 is 13.0. The van der Waals surface area contributed by atoms with Gasteiger partial charge in [0.05, 0.1) is 16.9 Å². The van der Waals surface area contributed by atoms with Gasteiger partial charge in [-0.15, -0.1) is 0 Å². The highest BCUT2D eigenvalue weighted by Gasteiger charge is 2.15. The van der Waals surface area contributed by atoms with Gasteiger partial charge in [-0.1, -0.05) is 24.3 Å². The van der Waals surface area contributed by atoms with E-state index in [1.807, 2.05) is 37.1 Å². The number of para-hydroxylation sites is 1. The van der Waals surface area contributed by atoms with Crippen LogP contribution in [-0.4, -0.2) is 17.0 Å². The van der Waals surface area contributed by atoms with E-state index in [4.69, 9.17) is 0 Å². The molecule has 22 heavy (non-hydrogen) atoms. The number of nitrogens with zero attached hydrogens (tertiary/aromatic N) is 2. The Morgan fingerprint density at radius 2 is 1.82 bits per heavy atom. The van der Waals surface area contributed by atoms with Crippen LogP contribution in [-0.2, 0) is 0 Å². The molecule has 1 aromatic heterocycles. The number of nitrogens with one attached hydrogen (secondary N) is 1. The Morgan fingerprint density at radius 1 is 1.14 bits per heavy atom. The van der Waals surface area contributed by atoms with Gasteiger partial charge in [-0.05, 0) is 36.8 Å². The Balaban J connectivity index is 1.99. The van der Waals surface area contributed by atoms with Crippen LogP contribution in [0.4, 0.5) is 10.3 Å². The Kier molecular flexibility index (Phi) is 3.63. The molecule has 1 atom stereocenters. The maximum absolute atomic E-state index is 13.0. The zero-order chi connectivity index (χ0) is 15.7. The van der Waals surface area contributed by atoms with Crippen molar-refractivity contribution in [3.63, 3.8) is 0 Å². The summed E-state index contributed by atoms with van der Waals surface area (Å²) in [6.45, 7) is 1.97. The molecule has 5 heteroatoms. The van der Waals surface area contributed by atoms with E-state index in [0.29, 0.717) is 16.9 Å². The highest BCUT2D eigenvalue weighted by molar-refractivity contribution is 5.78. The fourth-order valence-corrected chi connectivity index (χ4v) is 2.39. The zero-order valence-electron chi connectivity index (χ0n) is 12.4. The number of H-pyrrole nitrogens is 1. The lowest BCUT2D eigenvalue weighted by Gasteiger charge is -2.25. The van der Waals surface area contributed by atoms with E-state index < -0.39 is 0 Å². The van der Waals surface area contributed by atoms with Crippen LogP contribution >= 0.6 is 0 Å². The topological polar surface area (TPSA) is 49.0 Å². The molecule has 0 amide bonds. The number of benzene rings is 2. The molecule has 0 saturated carbocycles. The number of halogens is 1. The predicted octanol–water partition coefficient (Wildman–Crippen LogP) is 3.26. The number of rotatable bonds is 3. The maximum Gasteiger partial charge on any atom is 0.260 e. The van der Waals surface area contributed by atoms with E-state index in [9.17, 15) is 9.18 Å². The molecule has 1 heterocycles. The Morgan fingerprint density at radius 3 is 2.55 bits per heavy atom. The molecule has 0 spiro atoms. The molecule has 0 fully saturated rings. The van der Waals surface area contributed by atoms with E-state index in [2.05, 4.69) is 9.97 Å². The fraction of sp³-hybridized carbons (Fsp3) is 0.176. The molecule has 4 nitrogen and oxygen atoms in total. The summed E-state index contributed by atoms with van der Waals surface area (Å²) in [5.74, 6) is 0.219. The van der Waals surface area contributed by atoms with Gasteiger partial charge in [0.1, 0.15) is 5.82 Å². The first-order chi connectivity index (χ1) is 10.6. The van der Waals surface area contributed by atoms with Crippen LogP contribution in [0.25, 0.3) is 10.9 Å². The summed E-state index contributed by atoms with van der Waals surface area (Å²) in [5.41, 5.74) is 1.43. The van der Waals surface area contributed by atoms with E-state index in [0.717, 1.165) is 5.56 Å². The van der Waals surface area contributed by atoms with Gasteiger partial charge in [0, 0.05) is 7.05 Å². The van der Waals surface area contributed by atoms with Gasteiger partial charge < -0.3 is 4.90 Å². The van der Waals surface area contributed by atoms with E-state index >= 15 is 0 Å². The monoisotopic (exact) mass is 297 g/mol. The standard InChI is InChI=1S/C17H16FN3O/c1-11(12-7-9-13(18)10-8-12)21(2)17-19-15-6-4-3-5-14(15)16(22)20-17/h3-11H,1-2H3,(H,19,20,22). The number of hydrogen-bond acceptors (Lipinski definition) is 3. The third-order valence-electron chi connectivity index (χ3n) is 3.87. The zero-order valence-corrected chi connectivity index (χ0v) is 12.4. The van der Waals surface area contributed by atoms with Gasteiger partial charge in [-0.3, -0.25) is 9.78 Å². The number of aromatic amines is 1. The smallest absolute Gasteiger partial charge is 0.260 e. The average molecular weight is 297 g/mol. The van der Waals surface area contributed by atoms with E-state index in [-0.39, 0.29) is 17.4 Å². The van der Waals surface area contributed by atoms with Crippen LogP contribution < -0.4 is 10.5 Å². The molecule has 0 bridgehead atoms. The third kappa shape index (κ3) is 2.57. The molecule has 1 N–H and O–H groups in total. The van der Waals surface area contributed by atoms with Crippen molar-refractivity contribution >= 4 is 16.9 Å². The summed E-state index contributed by atoms with van der Waals surface area (Å²) in [6, 6.07) is 13.5. The minimum absolute atomic E-state index is 0.0510. The average Bonchev–Trinajstić information content (AvgIpc) is 2.54. The van der Waals surface area contributed by atoms with Gasteiger partial charge in [0.25, 0.3) is 5.56 Å². The lowest BCUT2D eigenvalue weighted by molar-refractivity contribution is 0.624. The van der Waals surface area contributed by atoms with Crippen LogP contribution in [0.15, 0.2) is 53.3 Å². The summed E-state index contributed by atoms with van der Waals surface area (Å²) in [4.78, 5) is 21.3. The minimum Gasteiger partial charge on any atom is -0.339 e. The van der Waals surface area contributed by atoms with Crippen molar-refractivity contribution in [3.8, 4) is 0 Å². The molecule has 3 aromatic rings. The molecular formula is C17H16FN3O. The second kappa shape index (κ2) is 5.60. The largest absolute Gasteiger partial charge is 0.339 e. The highest BCUT2D eigenvalue weighted by Crippen LogP contribution is 2.23. The van der Waals surface area contributed by atoms with Crippen LogP contribution in [0.3, 0.4) is 0 Å². The van der Waals surface area contributed by atoms with Crippen molar-refractivity contribution < 1.29 is 4.39 Å². The first-order valence-corrected chi connectivity index (χ1v) is 7.03. The third-order valence-corrected chi connectivity index (χ3v) is 3.87. The number of hydrogen-bond donors (Lipinski definition) is 1. The van der Waals surface area contributed by atoms with Gasteiger partial charge in [-0.2, -0.15) is 0 Å². The second-order valence-electron chi connectivity index (χ2n) is 5.25. The van der Waals surface area contributed by atoms with Crippen LogP contribution in [0.5, 0.6) is 0 Å². The Labute approximate surface area is 127 Å². The van der Waals surface area contributed by atoms with Crippen molar-refractivity contribution in [3.05, 3.63) is 70.3 Å².